The van der Waals surface area contributed by atoms with Crippen LogP contribution < -0.4 is 0 Å². The van der Waals surface area contributed by atoms with E-state index >= 15 is 0 Å². The molecular weight excluding hydrogens is 207 g/mol. The maximum atomic E-state index is 13.6. The Labute approximate surface area is 92.6 Å². The number of rotatable bonds is 2. The number of hydrogen-bond acceptors (Lipinski definition) is 3. The number of halogens is 1. The van der Waals surface area contributed by atoms with Gasteiger partial charge in [-0.3, -0.25) is 0 Å². The third kappa shape index (κ3) is 1.79. The van der Waals surface area contributed by atoms with Gasteiger partial charge in [-0.2, -0.15) is 0 Å². The highest BCUT2D eigenvalue weighted by atomic mass is 19.1. The summed E-state index contributed by atoms with van der Waals surface area (Å²) in [6.45, 7) is 1.52. The third-order valence-corrected chi connectivity index (χ3v) is 2.52. The predicted octanol–water partition coefficient (Wildman–Crippen LogP) is 1.87. The molecule has 4 heteroatoms. The Morgan fingerprint density at radius 3 is 2.44 bits per heavy atom. The fourth-order valence-corrected chi connectivity index (χ4v) is 1.56. The molecule has 2 rings (SSSR count). The van der Waals surface area contributed by atoms with Crippen LogP contribution in [0.2, 0.25) is 0 Å². The van der Waals surface area contributed by atoms with Crippen molar-refractivity contribution in [2.24, 2.45) is 0 Å². The second kappa shape index (κ2) is 3.98. The largest absolute Gasteiger partial charge is 0.380 e. The normalized spacial score (nSPS) is 14.4. The topological polar surface area (TPSA) is 46.0 Å². The molecule has 0 amide bonds. The Morgan fingerprint density at radius 2 is 1.81 bits per heavy atom. The summed E-state index contributed by atoms with van der Waals surface area (Å²) in [4.78, 5) is 7.63. The third-order valence-electron chi connectivity index (χ3n) is 2.52. The zero-order valence-corrected chi connectivity index (χ0v) is 8.76. The van der Waals surface area contributed by atoms with E-state index in [1.54, 1.807) is 18.2 Å². The van der Waals surface area contributed by atoms with Crippen LogP contribution in [-0.4, -0.2) is 15.1 Å². The van der Waals surface area contributed by atoms with Crippen molar-refractivity contribution in [1.82, 2.24) is 9.97 Å². The molecule has 0 fully saturated rings. The van der Waals surface area contributed by atoms with Gasteiger partial charge in [0.15, 0.2) is 0 Å². The molecule has 1 N–H and O–H groups in total. The van der Waals surface area contributed by atoms with Crippen LogP contribution in [0.5, 0.6) is 0 Å². The minimum atomic E-state index is -1.42. The quantitative estimate of drug-likeness (QED) is 0.837. The number of aromatic nitrogens is 2. The minimum absolute atomic E-state index is 0.213. The van der Waals surface area contributed by atoms with Crippen LogP contribution in [0.15, 0.2) is 43.0 Å². The van der Waals surface area contributed by atoms with Crippen LogP contribution in [-0.2, 0) is 5.60 Å². The van der Waals surface area contributed by atoms with Crippen LogP contribution in [0.25, 0.3) is 0 Å². The standard InChI is InChI=1S/C12H11FN2O/c1-12(16,9-6-14-8-15-7-9)10-4-2-3-5-11(10)13/h2-8,16H,1H3. The minimum Gasteiger partial charge on any atom is -0.380 e. The van der Waals surface area contributed by atoms with E-state index in [-0.39, 0.29) is 5.56 Å². The first-order valence-electron chi connectivity index (χ1n) is 4.85. The van der Waals surface area contributed by atoms with Gasteiger partial charge in [0.1, 0.15) is 17.7 Å². The van der Waals surface area contributed by atoms with Crippen LogP contribution in [0.4, 0.5) is 4.39 Å². The van der Waals surface area contributed by atoms with E-state index < -0.39 is 11.4 Å². The number of aliphatic hydroxyl groups is 1. The van der Waals surface area contributed by atoms with E-state index in [0.717, 1.165) is 0 Å². The van der Waals surface area contributed by atoms with Gasteiger partial charge in [-0.15, -0.1) is 0 Å². The lowest BCUT2D eigenvalue weighted by Crippen LogP contribution is -2.24. The highest BCUT2D eigenvalue weighted by molar-refractivity contribution is 5.33. The lowest BCUT2D eigenvalue weighted by Gasteiger charge is -2.23. The van der Waals surface area contributed by atoms with Gasteiger partial charge in [-0.1, -0.05) is 18.2 Å². The summed E-state index contributed by atoms with van der Waals surface area (Å²) in [5, 5.41) is 10.3. The van der Waals surface area contributed by atoms with Gasteiger partial charge < -0.3 is 5.11 Å². The lowest BCUT2D eigenvalue weighted by atomic mass is 9.90. The molecule has 0 spiro atoms. The highest BCUT2D eigenvalue weighted by Crippen LogP contribution is 2.29. The maximum absolute atomic E-state index is 13.6. The van der Waals surface area contributed by atoms with Gasteiger partial charge in [0.25, 0.3) is 0 Å². The van der Waals surface area contributed by atoms with Gasteiger partial charge in [0, 0.05) is 23.5 Å². The smallest absolute Gasteiger partial charge is 0.129 e. The fourth-order valence-electron chi connectivity index (χ4n) is 1.56. The molecule has 1 atom stereocenters. The Bertz CT molecular complexity index is 485. The first-order chi connectivity index (χ1) is 7.62. The second-order valence-corrected chi connectivity index (χ2v) is 3.68. The molecule has 1 heterocycles. The summed E-state index contributed by atoms with van der Waals surface area (Å²) in [6.07, 6.45) is 4.31. The maximum Gasteiger partial charge on any atom is 0.129 e. The molecule has 0 aliphatic carbocycles. The molecule has 0 aliphatic heterocycles. The zero-order valence-electron chi connectivity index (χ0n) is 8.76. The number of benzene rings is 1. The van der Waals surface area contributed by atoms with E-state index in [1.807, 2.05) is 0 Å². The highest BCUT2D eigenvalue weighted by Gasteiger charge is 2.28. The summed E-state index contributed by atoms with van der Waals surface area (Å²) in [5.74, 6) is -0.448. The summed E-state index contributed by atoms with van der Waals surface area (Å²) >= 11 is 0. The van der Waals surface area contributed by atoms with E-state index in [9.17, 15) is 9.50 Å². The fraction of sp³-hybridized carbons (Fsp3) is 0.167. The molecule has 0 saturated carbocycles. The van der Waals surface area contributed by atoms with Gasteiger partial charge in [0.2, 0.25) is 0 Å². The Hall–Kier alpha value is -1.81. The van der Waals surface area contributed by atoms with Crippen molar-refractivity contribution in [3.05, 3.63) is 59.9 Å². The Morgan fingerprint density at radius 1 is 1.19 bits per heavy atom. The van der Waals surface area contributed by atoms with Gasteiger partial charge in [0.05, 0.1) is 0 Å². The average molecular weight is 218 g/mol. The summed E-state index contributed by atoms with van der Waals surface area (Å²) in [7, 11) is 0. The van der Waals surface area contributed by atoms with Crippen LogP contribution in [0.3, 0.4) is 0 Å². The predicted molar refractivity (Wildman–Crippen MR) is 57.1 cm³/mol. The van der Waals surface area contributed by atoms with Crippen molar-refractivity contribution in [2.45, 2.75) is 12.5 Å². The molecule has 0 bridgehead atoms. The van der Waals surface area contributed by atoms with E-state index in [4.69, 9.17) is 0 Å². The molecule has 1 aromatic carbocycles. The zero-order chi connectivity index (χ0) is 11.6. The van der Waals surface area contributed by atoms with Crippen molar-refractivity contribution >= 4 is 0 Å². The van der Waals surface area contributed by atoms with Crippen molar-refractivity contribution in [2.75, 3.05) is 0 Å². The Balaban J connectivity index is 2.51. The van der Waals surface area contributed by atoms with Crippen LogP contribution in [0.1, 0.15) is 18.1 Å². The van der Waals surface area contributed by atoms with E-state index in [2.05, 4.69) is 9.97 Å². The number of hydrogen-bond donors (Lipinski definition) is 1. The monoisotopic (exact) mass is 218 g/mol. The van der Waals surface area contributed by atoms with E-state index in [0.29, 0.717) is 5.56 Å². The molecule has 1 unspecified atom stereocenters. The molecule has 0 saturated heterocycles. The number of nitrogens with zero attached hydrogens (tertiary/aromatic N) is 2. The molecule has 0 radical (unpaired) electrons. The van der Waals surface area contributed by atoms with Crippen molar-refractivity contribution in [3.8, 4) is 0 Å². The summed E-state index contributed by atoms with van der Waals surface area (Å²) in [5.41, 5.74) is -0.753. The lowest BCUT2D eigenvalue weighted by molar-refractivity contribution is 0.0971. The van der Waals surface area contributed by atoms with Gasteiger partial charge >= 0.3 is 0 Å². The molecule has 1 aromatic heterocycles. The summed E-state index contributed by atoms with van der Waals surface area (Å²) < 4.78 is 13.6. The molecule has 82 valence electrons. The molecular formula is C12H11FN2O. The Kier molecular flexibility index (Phi) is 2.66. The first-order valence-corrected chi connectivity index (χ1v) is 4.85. The second-order valence-electron chi connectivity index (χ2n) is 3.68. The average Bonchev–Trinajstić information content (AvgIpc) is 2.30. The van der Waals surface area contributed by atoms with Crippen LogP contribution >= 0.6 is 0 Å². The van der Waals surface area contributed by atoms with E-state index in [1.165, 1.54) is 31.7 Å². The SMILES string of the molecule is CC(O)(c1cncnc1)c1ccccc1F. The van der Waals surface area contributed by atoms with Crippen molar-refractivity contribution < 1.29 is 9.50 Å². The summed E-state index contributed by atoms with van der Waals surface area (Å²) in [6, 6.07) is 6.11. The van der Waals surface area contributed by atoms with Crippen LogP contribution in [0, 0.1) is 5.82 Å². The van der Waals surface area contributed by atoms with Gasteiger partial charge in [-0.25, -0.2) is 14.4 Å². The molecule has 16 heavy (non-hydrogen) atoms. The molecule has 0 aliphatic rings. The molecule has 2 aromatic rings. The van der Waals surface area contributed by atoms with Crippen molar-refractivity contribution in [3.63, 3.8) is 0 Å². The van der Waals surface area contributed by atoms with Crippen molar-refractivity contribution in [1.29, 1.82) is 0 Å². The molecule has 3 nitrogen and oxygen atoms in total. The van der Waals surface area contributed by atoms with Gasteiger partial charge in [-0.05, 0) is 13.0 Å². The first kappa shape index (κ1) is 10.7.